The van der Waals surface area contributed by atoms with Crippen LogP contribution in [0.15, 0.2) is 54.7 Å². The van der Waals surface area contributed by atoms with Crippen LogP contribution in [0.4, 0.5) is 5.69 Å². The fraction of sp³-hybridized carbons (Fsp3) is 0.323. The molecule has 216 valence electrons. The molecule has 0 spiro atoms. The van der Waals surface area contributed by atoms with Gasteiger partial charge in [0.15, 0.2) is 11.9 Å². The summed E-state index contributed by atoms with van der Waals surface area (Å²) in [5, 5.41) is 10.5. The van der Waals surface area contributed by atoms with Crippen LogP contribution < -0.4 is 9.64 Å². The summed E-state index contributed by atoms with van der Waals surface area (Å²) < 4.78 is 14.3. The van der Waals surface area contributed by atoms with Crippen molar-refractivity contribution in [1.82, 2.24) is 19.4 Å². The van der Waals surface area contributed by atoms with Crippen LogP contribution in [-0.4, -0.2) is 69.4 Å². The third kappa shape index (κ3) is 5.22. The monoisotopic (exact) mass is 605 g/mol. The van der Waals surface area contributed by atoms with Gasteiger partial charge in [-0.25, -0.2) is 9.78 Å². The van der Waals surface area contributed by atoms with E-state index in [9.17, 15) is 9.90 Å². The molecule has 11 heteroatoms. The van der Waals surface area contributed by atoms with Gasteiger partial charge in [-0.15, -0.1) is 0 Å². The fourth-order valence-electron chi connectivity index (χ4n) is 5.80. The zero-order chi connectivity index (χ0) is 28.8. The van der Waals surface area contributed by atoms with Crippen molar-refractivity contribution < 1.29 is 19.4 Å². The Kier molecular flexibility index (Phi) is 7.27. The van der Waals surface area contributed by atoms with E-state index in [-0.39, 0.29) is 11.7 Å². The third-order valence-electron chi connectivity index (χ3n) is 8.16. The Morgan fingerprint density at radius 2 is 1.93 bits per heavy atom. The molecule has 2 aromatic carbocycles. The number of pyridine rings is 1. The number of nitrogens with zero attached hydrogens (tertiary/aromatic N) is 5. The average molecular weight is 607 g/mol. The first-order valence-corrected chi connectivity index (χ1v) is 14.8. The molecule has 0 saturated carbocycles. The molecule has 9 nitrogen and oxygen atoms in total. The van der Waals surface area contributed by atoms with E-state index in [2.05, 4.69) is 37.6 Å². The normalized spacial score (nSPS) is 20.3. The molecule has 0 radical (unpaired) electrons. The number of hydrogen-bond donors (Lipinski definition) is 1. The highest BCUT2D eigenvalue weighted by Gasteiger charge is 2.28. The van der Waals surface area contributed by atoms with Crippen molar-refractivity contribution in [2.75, 3.05) is 37.7 Å². The van der Waals surface area contributed by atoms with Gasteiger partial charge in [0.1, 0.15) is 11.5 Å². The first-order valence-electron chi connectivity index (χ1n) is 14.0. The van der Waals surface area contributed by atoms with E-state index in [1.165, 1.54) is 0 Å². The highest BCUT2D eigenvalue weighted by molar-refractivity contribution is 6.34. The topological polar surface area (TPSA) is 93.0 Å². The summed E-state index contributed by atoms with van der Waals surface area (Å²) in [7, 11) is 0. The van der Waals surface area contributed by atoms with E-state index in [0.717, 1.165) is 73.1 Å². The maximum atomic E-state index is 11.6. The highest BCUT2D eigenvalue weighted by atomic mass is 35.5. The van der Waals surface area contributed by atoms with Crippen LogP contribution in [0.1, 0.15) is 40.0 Å². The molecule has 3 aliphatic rings. The number of imidazole rings is 1. The van der Waals surface area contributed by atoms with Crippen LogP contribution in [0.25, 0.3) is 17.1 Å². The van der Waals surface area contributed by atoms with Gasteiger partial charge in [0, 0.05) is 44.5 Å². The number of fused-ring (bicyclic) bond motifs is 2. The Morgan fingerprint density at radius 3 is 2.67 bits per heavy atom. The average Bonchev–Trinajstić information content (AvgIpc) is 3.30. The molecule has 0 bridgehead atoms. The lowest BCUT2D eigenvalue weighted by atomic mass is 10.1. The van der Waals surface area contributed by atoms with Crippen molar-refractivity contribution in [2.45, 2.75) is 31.7 Å². The third-order valence-corrected chi connectivity index (χ3v) is 8.67. The summed E-state index contributed by atoms with van der Waals surface area (Å²) in [5.41, 5.74) is 4.60. The number of carboxylic acids is 1. The van der Waals surface area contributed by atoms with Crippen molar-refractivity contribution in [1.29, 1.82) is 0 Å². The summed E-state index contributed by atoms with van der Waals surface area (Å²) in [6, 6.07) is 13.0. The van der Waals surface area contributed by atoms with Crippen molar-refractivity contribution in [3.8, 4) is 5.75 Å². The molecule has 0 unspecified atom stereocenters. The van der Waals surface area contributed by atoms with Crippen LogP contribution >= 0.6 is 23.2 Å². The molecule has 5 heterocycles. The van der Waals surface area contributed by atoms with Crippen molar-refractivity contribution in [3.05, 3.63) is 87.4 Å². The molecule has 7 rings (SSSR count). The number of carboxylic acid groups (broad SMARTS) is 1. The van der Waals surface area contributed by atoms with Gasteiger partial charge in [-0.1, -0.05) is 41.4 Å². The summed E-state index contributed by atoms with van der Waals surface area (Å²) >= 11 is 12.5. The number of anilines is 1. The standard InChI is InChI=1S/C31H29Cl2N5O4/c32-21-15-23(33)29(34-16-21)27-7-5-19-2-1-3-25(30(19)42-27)37-11-9-36(10-12-37)18-28-35-24-6-4-20(31(39)40)14-26(24)38(28)17-22-8-13-41-22/h1-7,14-16,22,27H,8-13,17-18H2,(H,39,40)/t22-,27+/m0/s1. The molecular weight excluding hydrogens is 577 g/mol. The molecule has 2 saturated heterocycles. The minimum Gasteiger partial charge on any atom is -0.478 e. The Morgan fingerprint density at radius 1 is 1.10 bits per heavy atom. The number of carbonyl (C=O) groups is 1. The Bertz CT molecular complexity index is 1690. The van der Waals surface area contributed by atoms with Gasteiger partial charge in [0.2, 0.25) is 0 Å². The van der Waals surface area contributed by atoms with Gasteiger partial charge < -0.3 is 24.0 Å². The second-order valence-electron chi connectivity index (χ2n) is 10.8. The molecule has 1 N–H and O–H groups in total. The molecule has 2 aromatic heterocycles. The van der Waals surface area contributed by atoms with Crippen LogP contribution in [0.3, 0.4) is 0 Å². The minimum atomic E-state index is -0.941. The molecule has 2 atom stereocenters. The number of para-hydroxylation sites is 1. The molecule has 0 aliphatic carbocycles. The van der Waals surface area contributed by atoms with Crippen LogP contribution in [0.2, 0.25) is 10.0 Å². The predicted molar refractivity (Wildman–Crippen MR) is 162 cm³/mol. The lowest BCUT2D eigenvalue weighted by molar-refractivity contribution is -0.0592. The number of rotatable bonds is 7. The number of hydrogen-bond acceptors (Lipinski definition) is 7. The number of benzene rings is 2. The summed E-state index contributed by atoms with van der Waals surface area (Å²) in [4.78, 5) is 25.7. The smallest absolute Gasteiger partial charge is 0.335 e. The van der Waals surface area contributed by atoms with Gasteiger partial charge in [0.05, 0.1) is 51.5 Å². The van der Waals surface area contributed by atoms with Gasteiger partial charge in [0.25, 0.3) is 0 Å². The van der Waals surface area contributed by atoms with E-state index >= 15 is 0 Å². The number of piperazine rings is 1. The second kappa shape index (κ2) is 11.2. The van der Waals surface area contributed by atoms with Crippen LogP contribution in [0.5, 0.6) is 5.75 Å². The number of aromatic carboxylic acids is 1. The number of aromatic nitrogens is 3. The lowest BCUT2D eigenvalue weighted by Crippen LogP contribution is -2.46. The largest absolute Gasteiger partial charge is 0.478 e. The van der Waals surface area contributed by atoms with E-state index < -0.39 is 12.1 Å². The van der Waals surface area contributed by atoms with Gasteiger partial charge >= 0.3 is 5.97 Å². The van der Waals surface area contributed by atoms with Gasteiger partial charge in [-0.2, -0.15) is 0 Å². The SMILES string of the molecule is O=C(O)c1ccc2nc(CN3CCN(c4cccc5c4O[C@@H](c4ncc(Cl)cc4Cl)C=C5)CC3)n(C[C@@H]3CCO3)c2c1. The highest BCUT2D eigenvalue weighted by Crippen LogP contribution is 2.41. The first-order chi connectivity index (χ1) is 20.4. The Balaban J connectivity index is 1.08. The lowest BCUT2D eigenvalue weighted by Gasteiger charge is -2.37. The molecule has 0 amide bonds. The van der Waals surface area contributed by atoms with Crippen LogP contribution in [-0.2, 0) is 17.8 Å². The van der Waals surface area contributed by atoms with E-state index in [0.29, 0.717) is 28.8 Å². The number of ether oxygens (including phenoxy) is 2. The molecule has 4 aromatic rings. The summed E-state index contributed by atoms with van der Waals surface area (Å²) in [6.07, 6.45) is 6.33. The van der Waals surface area contributed by atoms with E-state index in [1.807, 2.05) is 12.1 Å². The minimum absolute atomic E-state index is 0.131. The van der Waals surface area contributed by atoms with Crippen LogP contribution in [0, 0.1) is 0 Å². The maximum absolute atomic E-state index is 11.6. The zero-order valence-electron chi connectivity index (χ0n) is 22.7. The summed E-state index contributed by atoms with van der Waals surface area (Å²) in [6.45, 7) is 5.44. The van der Waals surface area contributed by atoms with Gasteiger partial charge in [-0.05, 0) is 42.8 Å². The van der Waals surface area contributed by atoms with Crippen molar-refractivity contribution in [2.24, 2.45) is 0 Å². The first kappa shape index (κ1) is 27.2. The quantitative estimate of drug-likeness (QED) is 0.287. The zero-order valence-corrected chi connectivity index (χ0v) is 24.3. The fourth-order valence-corrected chi connectivity index (χ4v) is 6.29. The van der Waals surface area contributed by atoms with E-state index in [1.54, 1.807) is 30.5 Å². The van der Waals surface area contributed by atoms with Crippen molar-refractivity contribution >= 4 is 52.0 Å². The van der Waals surface area contributed by atoms with Crippen molar-refractivity contribution in [3.63, 3.8) is 0 Å². The Hall–Kier alpha value is -3.63. The predicted octanol–water partition coefficient (Wildman–Crippen LogP) is 5.69. The summed E-state index contributed by atoms with van der Waals surface area (Å²) in [5.74, 6) is 0.809. The second-order valence-corrected chi connectivity index (χ2v) is 11.6. The maximum Gasteiger partial charge on any atom is 0.335 e. The molecule has 3 aliphatic heterocycles. The molecular formula is C31H29Cl2N5O4. The molecule has 2 fully saturated rings. The molecule has 42 heavy (non-hydrogen) atoms. The van der Waals surface area contributed by atoms with E-state index in [4.69, 9.17) is 37.7 Å². The van der Waals surface area contributed by atoms with Gasteiger partial charge in [-0.3, -0.25) is 9.88 Å². The number of halogens is 2. The Labute approximate surface area is 252 Å².